The van der Waals surface area contributed by atoms with E-state index in [9.17, 15) is 0 Å². The van der Waals surface area contributed by atoms with Crippen molar-refractivity contribution >= 4 is 23.4 Å². The molecule has 2 rings (SSSR count). The molecule has 55 valence electrons. The van der Waals surface area contributed by atoms with Crippen molar-refractivity contribution < 1.29 is 0 Å². The molecule has 0 N–H and O–H groups in total. The van der Waals surface area contributed by atoms with Crippen molar-refractivity contribution in [2.75, 3.05) is 6.54 Å². The Kier molecular flexibility index (Phi) is 1.59. The highest BCUT2D eigenvalue weighted by Gasteiger charge is 2.03. The fraction of sp³-hybridized carbons (Fsp3) is 0.111. The Morgan fingerprint density at radius 1 is 1.36 bits per heavy atom. The summed E-state index contributed by atoms with van der Waals surface area (Å²) >= 11 is 5.80. The first kappa shape index (κ1) is 6.74. The van der Waals surface area contributed by atoms with E-state index in [1.807, 2.05) is 30.4 Å². The van der Waals surface area contributed by atoms with Gasteiger partial charge in [-0.15, -0.1) is 0 Å². The summed E-state index contributed by atoms with van der Waals surface area (Å²) in [6.07, 6.45) is 4.08. The van der Waals surface area contributed by atoms with Gasteiger partial charge in [0, 0.05) is 10.6 Å². The number of hydrogen-bond acceptors (Lipinski definition) is 0. The molecule has 0 fully saturated rings. The van der Waals surface area contributed by atoms with Crippen LogP contribution >= 0.6 is 11.6 Å². The fourth-order valence-electron chi connectivity index (χ4n) is 1.13. The average Bonchev–Trinajstić information content (AvgIpc) is 2.04. The van der Waals surface area contributed by atoms with Crippen LogP contribution in [0.1, 0.15) is 5.56 Å². The molecule has 0 amide bonds. The Bertz CT molecular complexity index is 304. The Morgan fingerprint density at radius 2 is 2.27 bits per heavy atom. The summed E-state index contributed by atoms with van der Waals surface area (Å²) in [4.78, 5) is 0. The zero-order valence-electron chi connectivity index (χ0n) is 5.92. The number of benzene rings is 1. The highest BCUT2D eigenvalue weighted by molar-refractivity contribution is 6.30. The van der Waals surface area contributed by atoms with Crippen LogP contribution in [0.3, 0.4) is 0 Å². The average molecular weight is 165 g/mol. The van der Waals surface area contributed by atoms with E-state index in [2.05, 4.69) is 5.32 Å². The van der Waals surface area contributed by atoms with Gasteiger partial charge in [-0.2, -0.15) is 0 Å². The number of nitrogens with zero attached hydrogens (tertiary/aromatic N) is 1. The summed E-state index contributed by atoms with van der Waals surface area (Å²) in [5.41, 5.74) is 2.15. The van der Waals surface area contributed by atoms with Crippen LogP contribution in [0.4, 0.5) is 5.69 Å². The summed E-state index contributed by atoms with van der Waals surface area (Å²) < 4.78 is 0. The van der Waals surface area contributed by atoms with Crippen LogP contribution in [-0.4, -0.2) is 6.54 Å². The molecule has 2 heteroatoms. The van der Waals surface area contributed by atoms with Crippen LogP contribution in [0, 0.1) is 0 Å². The van der Waals surface area contributed by atoms with E-state index >= 15 is 0 Å². The van der Waals surface area contributed by atoms with Gasteiger partial charge >= 0.3 is 0 Å². The number of halogens is 1. The summed E-state index contributed by atoms with van der Waals surface area (Å²) in [7, 11) is 0. The quantitative estimate of drug-likeness (QED) is 0.560. The van der Waals surface area contributed by atoms with Crippen LogP contribution in [-0.2, 0) is 0 Å². The summed E-state index contributed by atoms with van der Waals surface area (Å²) in [5, 5.41) is 5.06. The summed E-state index contributed by atoms with van der Waals surface area (Å²) in [6, 6.07) is 5.74. The predicted octanol–water partition coefficient (Wildman–Crippen LogP) is 2.60. The number of rotatable bonds is 0. The van der Waals surface area contributed by atoms with Crippen molar-refractivity contribution in [3.8, 4) is 0 Å². The molecule has 0 unspecified atom stereocenters. The molecule has 0 aromatic heterocycles. The molecule has 1 heterocycles. The monoisotopic (exact) mass is 164 g/mol. The second kappa shape index (κ2) is 2.59. The lowest BCUT2D eigenvalue weighted by atomic mass is 10.1. The molecule has 0 aliphatic carbocycles. The fourth-order valence-corrected chi connectivity index (χ4v) is 1.31. The lowest BCUT2D eigenvalue weighted by Crippen LogP contribution is -2.02. The Hall–Kier alpha value is -0.950. The lowest BCUT2D eigenvalue weighted by Gasteiger charge is -2.09. The number of fused-ring (bicyclic) bond motifs is 1. The first-order valence-electron chi connectivity index (χ1n) is 3.50. The van der Waals surface area contributed by atoms with Crippen LogP contribution < -0.4 is 5.32 Å². The van der Waals surface area contributed by atoms with Crippen molar-refractivity contribution in [1.29, 1.82) is 0 Å². The van der Waals surface area contributed by atoms with Crippen LogP contribution in [0.5, 0.6) is 0 Å². The Morgan fingerprint density at radius 3 is 3.18 bits per heavy atom. The SMILES string of the molecule is Clc1ccc2c(c1)C=CC[N]2. The maximum atomic E-state index is 5.80. The molecule has 0 bridgehead atoms. The molecule has 1 aliphatic heterocycles. The largest absolute Gasteiger partial charge is 0.281 e. The van der Waals surface area contributed by atoms with Gasteiger partial charge in [0.1, 0.15) is 0 Å². The molecule has 11 heavy (non-hydrogen) atoms. The van der Waals surface area contributed by atoms with E-state index in [0.717, 1.165) is 22.8 Å². The van der Waals surface area contributed by atoms with Crippen molar-refractivity contribution in [2.45, 2.75) is 0 Å². The lowest BCUT2D eigenvalue weighted by molar-refractivity contribution is 0.965. The zero-order chi connectivity index (χ0) is 7.68. The van der Waals surface area contributed by atoms with Gasteiger partial charge in [0.15, 0.2) is 0 Å². The van der Waals surface area contributed by atoms with Crippen LogP contribution in [0.2, 0.25) is 5.02 Å². The minimum atomic E-state index is 0.769. The molecule has 0 saturated carbocycles. The van der Waals surface area contributed by atoms with Gasteiger partial charge in [-0.25, -0.2) is 0 Å². The van der Waals surface area contributed by atoms with Gasteiger partial charge in [-0.05, 0) is 18.2 Å². The Labute approximate surface area is 70.7 Å². The molecule has 0 spiro atoms. The standard InChI is InChI=1S/C9H7ClN/c10-8-3-4-9-7(6-8)2-1-5-11-9/h1-4,6H,5H2. The maximum Gasteiger partial charge on any atom is 0.0651 e. The first-order chi connectivity index (χ1) is 5.36. The molecule has 1 nitrogen and oxygen atoms in total. The van der Waals surface area contributed by atoms with Gasteiger partial charge in [0.25, 0.3) is 0 Å². The van der Waals surface area contributed by atoms with E-state index in [4.69, 9.17) is 11.6 Å². The van der Waals surface area contributed by atoms with Gasteiger partial charge in [-0.1, -0.05) is 23.8 Å². The summed E-state index contributed by atoms with van der Waals surface area (Å²) in [5.74, 6) is 0. The van der Waals surface area contributed by atoms with Crippen LogP contribution in [0.15, 0.2) is 24.3 Å². The van der Waals surface area contributed by atoms with E-state index in [1.165, 1.54) is 0 Å². The van der Waals surface area contributed by atoms with E-state index in [1.54, 1.807) is 0 Å². The van der Waals surface area contributed by atoms with Gasteiger partial charge in [0.2, 0.25) is 0 Å². The first-order valence-corrected chi connectivity index (χ1v) is 3.88. The third kappa shape index (κ3) is 1.24. The third-order valence-corrected chi connectivity index (χ3v) is 1.89. The Balaban J connectivity index is 2.54. The highest BCUT2D eigenvalue weighted by atomic mass is 35.5. The highest BCUT2D eigenvalue weighted by Crippen LogP contribution is 2.23. The molecule has 1 aliphatic rings. The molecule has 1 aromatic rings. The van der Waals surface area contributed by atoms with Crippen LogP contribution in [0.25, 0.3) is 6.08 Å². The minimum absolute atomic E-state index is 0.769. The molecule has 1 radical (unpaired) electrons. The molecular formula is C9H7ClN. The van der Waals surface area contributed by atoms with E-state index < -0.39 is 0 Å². The third-order valence-electron chi connectivity index (χ3n) is 1.65. The minimum Gasteiger partial charge on any atom is -0.281 e. The van der Waals surface area contributed by atoms with Crippen molar-refractivity contribution in [3.63, 3.8) is 0 Å². The van der Waals surface area contributed by atoms with E-state index in [0.29, 0.717) is 0 Å². The van der Waals surface area contributed by atoms with Gasteiger partial charge in [-0.3, -0.25) is 5.32 Å². The predicted molar refractivity (Wildman–Crippen MR) is 47.1 cm³/mol. The maximum absolute atomic E-state index is 5.80. The molecule has 0 atom stereocenters. The summed E-state index contributed by atoms with van der Waals surface area (Å²) in [6.45, 7) is 0.786. The van der Waals surface area contributed by atoms with Gasteiger partial charge in [0.05, 0.1) is 12.2 Å². The normalized spacial score (nSPS) is 13.9. The number of hydrogen-bond donors (Lipinski definition) is 0. The second-order valence-corrected chi connectivity index (χ2v) is 2.88. The van der Waals surface area contributed by atoms with Crippen molar-refractivity contribution in [3.05, 3.63) is 34.9 Å². The van der Waals surface area contributed by atoms with Crippen molar-refractivity contribution in [2.24, 2.45) is 0 Å². The molecule has 1 aromatic carbocycles. The molecular weight excluding hydrogens is 158 g/mol. The zero-order valence-corrected chi connectivity index (χ0v) is 6.67. The van der Waals surface area contributed by atoms with Crippen molar-refractivity contribution in [1.82, 2.24) is 5.32 Å². The topological polar surface area (TPSA) is 14.1 Å². The smallest absolute Gasteiger partial charge is 0.0651 e. The van der Waals surface area contributed by atoms with Gasteiger partial charge < -0.3 is 0 Å². The molecule has 0 saturated heterocycles. The van der Waals surface area contributed by atoms with E-state index in [-0.39, 0.29) is 0 Å². The second-order valence-electron chi connectivity index (χ2n) is 2.45.